The van der Waals surface area contributed by atoms with Gasteiger partial charge in [0, 0.05) is 29.3 Å². The average molecular weight is 289 g/mol. The van der Waals surface area contributed by atoms with Crippen LogP contribution < -0.4 is 5.32 Å². The zero-order valence-corrected chi connectivity index (χ0v) is 10.9. The molecule has 0 aliphatic carbocycles. The zero-order chi connectivity index (χ0) is 11.7. The van der Waals surface area contributed by atoms with E-state index < -0.39 is 0 Å². The summed E-state index contributed by atoms with van der Waals surface area (Å²) in [4.78, 5) is 4.09. The molecule has 1 aromatic heterocycles. The van der Waals surface area contributed by atoms with E-state index in [0.29, 0.717) is 5.92 Å². The van der Waals surface area contributed by atoms with Crippen LogP contribution in [0.2, 0.25) is 0 Å². The van der Waals surface area contributed by atoms with Crippen molar-refractivity contribution in [3.63, 3.8) is 0 Å². The van der Waals surface area contributed by atoms with Gasteiger partial charge in [0.05, 0.1) is 5.69 Å². The van der Waals surface area contributed by atoms with Crippen molar-refractivity contribution in [1.29, 1.82) is 0 Å². The molecule has 0 spiro atoms. The summed E-state index contributed by atoms with van der Waals surface area (Å²) >= 11 is 3.61. The Bertz CT molecular complexity index is 525. The van der Waals surface area contributed by atoms with E-state index in [-0.39, 0.29) is 0 Å². The smallest absolute Gasteiger partial charge is 0.0523 e. The summed E-state index contributed by atoms with van der Waals surface area (Å²) in [6.07, 6.45) is 4.87. The summed E-state index contributed by atoms with van der Waals surface area (Å²) < 4.78 is 1.15. The van der Waals surface area contributed by atoms with E-state index >= 15 is 0 Å². The monoisotopic (exact) mass is 288 g/mol. The van der Waals surface area contributed by atoms with Gasteiger partial charge in [-0.05, 0) is 51.7 Å². The van der Waals surface area contributed by atoms with Crippen LogP contribution in [0.5, 0.6) is 0 Å². The molecule has 0 saturated carbocycles. The third-order valence-corrected chi connectivity index (χ3v) is 3.93. The number of hydrogen-bond donors (Lipinski definition) is 1. The summed E-state index contributed by atoms with van der Waals surface area (Å²) in [6, 6.07) is 10.6. The second-order valence-electron chi connectivity index (χ2n) is 4.25. The lowest BCUT2D eigenvalue weighted by atomic mass is 9.86. The number of nitrogens with one attached hydrogen (secondary N) is 1. The number of anilines is 1. The van der Waals surface area contributed by atoms with E-state index in [4.69, 9.17) is 0 Å². The van der Waals surface area contributed by atoms with Crippen LogP contribution >= 0.6 is 15.9 Å². The Hall–Kier alpha value is -1.35. The topological polar surface area (TPSA) is 24.9 Å². The van der Waals surface area contributed by atoms with Gasteiger partial charge in [0.2, 0.25) is 0 Å². The first-order valence-corrected chi connectivity index (χ1v) is 6.58. The first-order valence-electron chi connectivity index (χ1n) is 5.78. The first-order chi connectivity index (χ1) is 8.36. The summed E-state index contributed by atoms with van der Waals surface area (Å²) in [5.41, 5.74) is 3.96. The van der Waals surface area contributed by atoms with Gasteiger partial charge in [0.25, 0.3) is 0 Å². The van der Waals surface area contributed by atoms with Crippen LogP contribution in [0, 0.1) is 0 Å². The number of para-hydroxylation sites is 1. The molecule has 1 aliphatic heterocycles. The SMILES string of the molecule is Brc1cccc2c1NCCC2c1ccncc1. The van der Waals surface area contributed by atoms with Crippen LogP contribution in [-0.4, -0.2) is 11.5 Å². The van der Waals surface area contributed by atoms with E-state index in [2.05, 4.69) is 56.6 Å². The Balaban J connectivity index is 2.09. The Morgan fingerprint density at radius 1 is 1.18 bits per heavy atom. The maximum absolute atomic E-state index is 4.09. The Morgan fingerprint density at radius 3 is 2.82 bits per heavy atom. The standard InChI is InChI=1S/C14H13BrN2/c15-13-3-1-2-12-11(6-9-17-14(12)13)10-4-7-16-8-5-10/h1-5,7-8,11,17H,6,9H2. The fourth-order valence-electron chi connectivity index (χ4n) is 2.46. The molecule has 0 radical (unpaired) electrons. The average Bonchev–Trinajstić information content (AvgIpc) is 2.40. The van der Waals surface area contributed by atoms with E-state index in [1.165, 1.54) is 16.8 Å². The zero-order valence-electron chi connectivity index (χ0n) is 9.36. The van der Waals surface area contributed by atoms with Crippen molar-refractivity contribution in [1.82, 2.24) is 4.98 Å². The molecule has 1 aliphatic rings. The van der Waals surface area contributed by atoms with Crippen LogP contribution in [0.1, 0.15) is 23.5 Å². The molecule has 1 unspecified atom stereocenters. The molecule has 17 heavy (non-hydrogen) atoms. The maximum Gasteiger partial charge on any atom is 0.0523 e. The minimum absolute atomic E-state index is 0.478. The van der Waals surface area contributed by atoms with Gasteiger partial charge < -0.3 is 5.32 Å². The normalized spacial score (nSPS) is 18.3. The van der Waals surface area contributed by atoms with E-state index in [0.717, 1.165) is 17.4 Å². The highest BCUT2D eigenvalue weighted by Gasteiger charge is 2.22. The van der Waals surface area contributed by atoms with Crippen molar-refractivity contribution in [3.05, 3.63) is 58.3 Å². The van der Waals surface area contributed by atoms with E-state index in [1.807, 2.05) is 12.4 Å². The van der Waals surface area contributed by atoms with Crippen molar-refractivity contribution in [2.75, 3.05) is 11.9 Å². The molecule has 1 aromatic carbocycles. The van der Waals surface area contributed by atoms with Gasteiger partial charge in [-0.15, -0.1) is 0 Å². The Morgan fingerprint density at radius 2 is 2.00 bits per heavy atom. The van der Waals surface area contributed by atoms with Gasteiger partial charge >= 0.3 is 0 Å². The Kier molecular flexibility index (Phi) is 2.85. The van der Waals surface area contributed by atoms with Crippen molar-refractivity contribution in [2.45, 2.75) is 12.3 Å². The molecule has 2 aromatic rings. The van der Waals surface area contributed by atoms with Gasteiger partial charge in [0.1, 0.15) is 0 Å². The molecule has 86 valence electrons. The van der Waals surface area contributed by atoms with E-state index in [9.17, 15) is 0 Å². The molecule has 2 nitrogen and oxygen atoms in total. The number of fused-ring (bicyclic) bond motifs is 1. The van der Waals surface area contributed by atoms with Crippen LogP contribution in [0.3, 0.4) is 0 Å². The lowest BCUT2D eigenvalue weighted by molar-refractivity contribution is 0.718. The van der Waals surface area contributed by atoms with Crippen LogP contribution in [0.15, 0.2) is 47.2 Å². The Labute approximate surface area is 109 Å². The number of benzene rings is 1. The van der Waals surface area contributed by atoms with Crippen molar-refractivity contribution in [2.24, 2.45) is 0 Å². The molecule has 3 heteroatoms. The second kappa shape index (κ2) is 4.49. The molecule has 1 atom stereocenters. The van der Waals surface area contributed by atoms with Crippen LogP contribution in [0.4, 0.5) is 5.69 Å². The largest absolute Gasteiger partial charge is 0.384 e. The summed E-state index contributed by atoms with van der Waals surface area (Å²) in [7, 11) is 0. The third-order valence-electron chi connectivity index (χ3n) is 3.26. The number of nitrogens with zero attached hydrogens (tertiary/aromatic N) is 1. The quantitative estimate of drug-likeness (QED) is 0.864. The van der Waals surface area contributed by atoms with E-state index in [1.54, 1.807) is 0 Å². The van der Waals surface area contributed by atoms with Crippen molar-refractivity contribution in [3.8, 4) is 0 Å². The van der Waals surface area contributed by atoms with Gasteiger partial charge in [-0.1, -0.05) is 12.1 Å². The van der Waals surface area contributed by atoms with Crippen molar-refractivity contribution >= 4 is 21.6 Å². The highest BCUT2D eigenvalue weighted by molar-refractivity contribution is 9.10. The summed E-state index contributed by atoms with van der Waals surface area (Å²) in [6.45, 7) is 1.02. The molecule has 2 heterocycles. The predicted molar refractivity (Wildman–Crippen MR) is 73.3 cm³/mol. The molecule has 0 amide bonds. The summed E-state index contributed by atoms with van der Waals surface area (Å²) in [5.74, 6) is 0.478. The van der Waals surface area contributed by atoms with Gasteiger partial charge in [-0.25, -0.2) is 0 Å². The van der Waals surface area contributed by atoms with Gasteiger partial charge in [-0.3, -0.25) is 4.98 Å². The molecular formula is C14H13BrN2. The fraction of sp³-hybridized carbons (Fsp3) is 0.214. The fourth-order valence-corrected chi connectivity index (χ4v) is 2.98. The van der Waals surface area contributed by atoms with Gasteiger partial charge in [-0.2, -0.15) is 0 Å². The number of pyridine rings is 1. The number of halogens is 1. The highest BCUT2D eigenvalue weighted by Crippen LogP contribution is 2.39. The van der Waals surface area contributed by atoms with Crippen molar-refractivity contribution < 1.29 is 0 Å². The molecule has 1 N–H and O–H groups in total. The van der Waals surface area contributed by atoms with Crippen LogP contribution in [-0.2, 0) is 0 Å². The number of hydrogen-bond acceptors (Lipinski definition) is 2. The molecule has 3 rings (SSSR count). The van der Waals surface area contributed by atoms with Gasteiger partial charge in [0.15, 0.2) is 0 Å². The molecular weight excluding hydrogens is 276 g/mol. The first kappa shape index (κ1) is 10.8. The molecule has 0 saturated heterocycles. The number of rotatable bonds is 1. The molecule has 0 bridgehead atoms. The minimum Gasteiger partial charge on any atom is -0.384 e. The molecule has 0 fully saturated rings. The second-order valence-corrected chi connectivity index (χ2v) is 5.11. The lowest BCUT2D eigenvalue weighted by Crippen LogP contribution is -2.18. The number of aromatic nitrogens is 1. The van der Waals surface area contributed by atoms with Crippen LogP contribution in [0.25, 0.3) is 0 Å². The minimum atomic E-state index is 0.478. The lowest BCUT2D eigenvalue weighted by Gasteiger charge is -2.27. The predicted octanol–water partition coefficient (Wildman–Crippen LogP) is 3.79. The highest BCUT2D eigenvalue weighted by atomic mass is 79.9. The third kappa shape index (κ3) is 1.95. The summed E-state index contributed by atoms with van der Waals surface area (Å²) in [5, 5.41) is 3.47. The maximum atomic E-state index is 4.09.